The minimum absolute atomic E-state index is 0.105. The van der Waals surface area contributed by atoms with Crippen molar-refractivity contribution in [2.45, 2.75) is 31.3 Å². The Hall–Kier alpha value is -2.61. The van der Waals surface area contributed by atoms with E-state index >= 15 is 0 Å². The van der Waals surface area contributed by atoms with Crippen LogP contribution in [0.5, 0.6) is 0 Å². The van der Waals surface area contributed by atoms with E-state index in [9.17, 15) is 14.4 Å². The van der Waals surface area contributed by atoms with Crippen LogP contribution in [0.3, 0.4) is 0 Å². The summed E-state index contributed by atoms with van der Waals surface area (Å²) in [5.74, 6) is -0.900. The molecule has 3 rings (SSSR count). The van der Waals surface area contributed by atoms with Gasteiger partial charge in [-0.15, -0.1) is 0 Å². The van der Waals surface area contributed by atoms with Crippen LogP contribution in [0.15, 0.2) is 30.3 Å². The van der Waals surface area contributed by atoms with Gasteiger partial charge in [-0.3, -0.25) is 9.69 Å². The lowest BCUT2D eigenvalue weighted by atomic mass is 10.2. The standard InChI is InChI=1S/C16H18N2O6/c1-22-15(20)12-9-23-13-7-11(14(19)18(12)13)17-16(21)24-8-10-5-3-2-4-6-10/h2-6,11-13H,7-9H2,1H3,(H,17,21)/t11?,12-,13-/m0/s1. The molecule has 1 unspecified atom stereocenters. The minimum atomic E-state index is -0.772. The molecule has 0 aromatic heterocycles. The Morgan fingerprint density at radius 1 is 1.33 bits per heavy atom. The fourth-order valence-corrected chi connectivity index (χ4v) is 2.87. The highest BCUT2D eigenvalue weighted by molar-refractivity contribution is 5.92. The molecule has 24 heavy (non-hydrogen) atoms. The Morgan fingerprint density at radius 2 is 2.08 bits per heavy atom. The highest BCUT2D eigenvalue weighted by Gasteiger charge is 2.51. The summed E-state index contributed by atoms with van der Waals surface area (Å²) >= 11 is 0. The number of hydrogen-bond donors (Lipinski definition) is 1. The molecule has 2 saturated heterocycles. The molecular formula is C16H18N2O6. The van der Waals surface area contributed by atoms with E-state index in [2.05, 4.69) is 10.1 Å². The van der Waals surface area contributed by atoms with Crippen molar-refractivity contribution in [3.63, 3.8) is 0 Å². The lowest BCUT2D eigenvalue weighted by molar-refractivity contribution is -0.150. The Balaban J connectivity index is 1.54. The molecule has 0 bridgehead atoms. The summed E-state index contributed by atoms with van der Waals surface area (Å²) in [7, 11) is 1.26. The maximum absolute atomic E-state index is 12.4. The van der Waals surface area contributed by atoms with E-state index in [0.717, 1.165) is 5.56 Å². The van der Waals surface area contributed by atoms with E-state index in [1.165, 1.54) is 12.0 Å². The van der Waals surface area contributed by atoms with Crippen molar-refractivity contribution in [1.29, 1.82) is 0 Å². The Morgan fingerprint density at radius 3 is 2.79 bits per heavy atom. The summed E-state index contributed by atoms with van der Waals surface area (Å²) in [6.45, 7) is 0.219. The van der Waals surface area contributed by atoms with Gasteiger partial charge in [-0.2, -0.15) is 0 Å². The molecule has 2 fully saturated rings. The average molecular weight is 334 g/mol. The van der Waals surface area contributed by atoms with Crippen LogP contribution in [0.25, 0.3) is 0 Å². The predicted molar refractivity (Wildman–Crippen MR) is 80.6 cm³/mol. The highest BCUT2D eigenvalue weighted by Crippen LogP contribution is 2.29. The van der Waals surface area contributed by atoms with Gasteiger partial charge in [-0.25, -0.2) is 9.59 Å². The van der Waals surface area contributed by atoms with Gasteiger partial charge in [0.15, 0.2) is 6.04 Å². The molecule has 2 aliphatic rings. The first-order chi connectivity index (χ1) is 11.6. The van der Waals surface area contributed by atoms with Crippen molar-refractivity contribution in [1.82, 2.24) is 10.2 Å². The second-order valence-electron chi connectivity index (χ2n) is 5.57. The van der Waals surface area contributed by atoms with Gasteiger partial charge in [-0.05, 0) is 5.56 Å². The number of alkyl carbamates (subject to hydrolysis) is 1. The zero-order valence-corrected chi connectivity index (χ0v) is 13.1. The number of benzene rings is 1. The zero-order chi connectivity index (χ0) is 17.1. The van der Waals surface area contributed by atoms with Gasteiger partial charge in [0.25, 0.3) is 0 Å². The first-order valence-corrected chi connectivity index (χ1v) is 7.59. The molecule has 1 N–H and O–H groups in total. The lowest BCUT2D eigenvalue weighted by Gasteiger charge is -2.20. The molecule has 2 amide bonds. The van der Waals surface area contributed by atoms with Gasteiger partial charge >= 0.3 is 12.1 Å². The molecule has 8 nitrogen and oxygen atoms in total. The van der Waals surface area contributed by atoms with Crippen LogP contribution < -0.4 is 5.32 Å². The number of amides is 2. The van der Waals surface area contributed by atoms with Crippen molar-refractivity contribution in [2.75, 3.05) is 13.7 Å². The van der Waals surface area contributed by atoms with Crippen LogP contribution in [-0.2, 0) is 30.4 Å². The first-order valence-electron chi connectivity index (χ1n) is 7.59. The number of carbonyl (C=O) groups is 3. The number of methoxy groups -OCH3 is 1. The van der Waals surface area contributed by atoms with Crippen molar-refractivity contribution >= 4 is 18.0 Å². The Labute approximate surface area is 138 Å². The topological polar surface area (TPSA) is 94.2 Å². The lowest BCUT2D eigenvalue weighted by Crippen LogP contribution is -2.47. The van der Waals surface area contributed by atoms with Gasteiger partial charge in [-0.1, -0.05) is 30.3 Å². The van der Waals surface area contributed by atoms with E-state index in [-0.39, 0.29) is 25.5 Å². The molecular weight excluding hydrogens is 316 g/mol. The Bertz CT molecular complexity index is 635. The summed E-state index contributed by atoms with van der Waals surface area (Å²) in [5, 5.41) is 2.52. The molecule has 0 aliphatic carbocycles. The molecule has 2 aliphatic heterocycles. The first kappa shape index (κ1) is 16.3. The van der Waals surface area contributed by atoms with Crippen LogP contribution in [0.1, 0.15) is 12.0 Å². The Kier molecular flexibility index (Phi) is 4.66. The van der Waals surface area contributed by atoms with Gasteiger partial charge in [0.1, 0.15) is 18.9 Å². The number of nitrogens with zero attached hydrogens (tertiary/aromatic N) is 1. The number of rotatable bonds is 4. The zero-order valence-electron chi connectivity index (χ0n) is 13.1. The molecule has 2 heterocycles. The summed E-state index contributed by atoms with van der Waals surface area (Å²) in [5.41, 5.74) is 0.847. The van der Waals surface area contributed by atoms with Crippen LogP contribution in [0.2, 0.25) is 0 Å². The van der Waals surface area contributed by atoms with E-state index in [1.807, 2.05) is 30.3 Å². The third kappa shape index (κ3) is 3.18. The number of nitrogens with one attached hydrogen (secondary N) is 1. The van der Waals surface area contributed by atoms with Crippen LogP contribution in [-0.4, -0.2) is 54.9 Å². The fourth-order valence-electron chi connectivity index (χ4n) is 2.87. The number of esters is 1. The summed E-state index contributed by atoms with van der Waals surface area (Å²) < 4.78 is 15.2. The van der Waals surface area contributed by atoms with E-state index in [4.69, 9.17) is 9.47 Å². The van der Waals surface area contributed by atoms with E-state index in [1.54, 1.807) is 0 Å². The van der Waals surface area contributed by atoms with Crippen molar-refractivity contribution < 1.29 is 28.6 Å². The predicted octanol–water partition coefficient (Wildman–Crippen LogP) is 0.412. The van der Waals surface area contributed by atoms with Crippen molar-refractivity contribution in [2.24, 2.45) is 0 Å². The SMILES string of the molecule is COC(=O)[C@@H]1CO[C@H]2CC(NC(=O)OCc3ccccc3)C(=O)N21. The third-order valence-electron chi connectivity index (χ3n) is 4.06. The van der Waals surface area contributed by atoms with Crippen molar-refractivity contribution in [3.05, 3.63) is 35.9 Å². The van der Waals surface area contributed by atoms with Crippen LogP contribution >= 0.6 is 0 Å². The summed E-state index contributed by atoms with van der Waals surface area (Å²) in [6.07, 6.45) is -0.943. The molecule has 1 aromatic carbocycles. The number of carbonyl (C=O) groups excluding carboxylic acids is 3. The minimum Gasteiger partial charge on any atom is -0.467 e. The second kappa shape index (κ2) is 6.88. The molecule has 0 saturated carbocycles. The van der Waals surface area contributed by atoms with Crippen molar-refractivity contribution in [3.8, 4) is 0 Å². The highest BCUT2D eigenvalue weighted by atomic mass is 16.6. The average Bonchev–Trinajstić information content (AvgIpc) is 3.14. The largest absolute Gasteiger partial charge is 0.467 e. The molecule has 8 heteroatoms. The van der Waals surface area contributed by atoms with Gasteiger partial charge < -0.3 is 19.5 Å². The molecule has 128 valence electrons. The monoisotopic (exact) mass is 334 g/mol. The van der Waals surface area contributed by atoms with Gasteiger partial charge in [0.05, 0.1) is 13.7 Å². The molecule has 0 radical (unpaired) electrons. The molecule has 1 aromatic rings. The third-order valence-corrected chi connectivity index (χ3v) is 4.06. The number of hydrogen-bond acceptors (Lipinski definition) is 6. The van der Waals surface area contributed by atoms with E-state index < -0.39 is 30.4 Å². The quantitative estimate of drug-likeness (QED) is 0.802. The number of fused-ring (bicyclic) bond motifs is 1. The molecule has 3 atom stereocenters. The maximum atomic E-state index is 12.4. The maximum Gasteiger partial charge on any atom is 0.408 e. The van der Waals surface area contributed by atoms with Gasteiger partial charge in [0.2, 0.25) is 5.91 Å². The normalized spacial score (nSPS) is 25.3. The second-order valence-corrected chi connectivity index (χ2v) is 5.57. The van der Waals surface area contributed by atoms with Crippen LogP contribution in [0, 0.1) is 0 Å². The smallest absolute Gasteiger partial charge is 0.408 e. The van der Waals surface area contributed by atoms with Crippen LogP contribution in [0.4, 0.5) is 4.79 Å². The summed E-state index contributed by atoms with van der Waals surface area (Å²) in [4.78, 5) is 37.3. The summed E-state index contributed by atoms with van der Waals surface area (Å²) in [6, 6.07) is 7.68. The van der Waals surface area contributed by atoms with Gasteiger partial charge in [0, 0.05) is 6.42 Å². The van der Waals surface area contributed by atoms with E-state index in [0.29, 0.717) is 0 Å². The number of ether oxygens (including phenoxy) is 3. The molecule has 0 spiro atoms. The fraction of sp³-hybridized carbons (Fsp3) is 0.438.